The molecule has 1 aromatic carbocycles. The summed E-state index contributed by atoms with van der Waals surface area (Å²) in [5.74, 6) is 0.689. The molecule has 2 N–H and O–H groups in total. The molecule has 1 aliphatic carbocycles. The summed E-state index contributed by atoms with van der Waals surface area (Å²) in [6.45, 7) is 5.06. The summed E-state index contributed by atoms with van der Waals surface area (Å²) < 4.78 is 2.28. The lowest BCUT2D eigenvalue weighted by Gasteiger charge is -2.32. The molecule has 0 saturated heterocycles. The first-order chi connectivity index (χ1) is 9.16. The third-order valence-electron chi connectivity index (χ3n) is 4.48. The molecular weight excluding hydrogens is 234 g/mol. The van der Waals surface area contributed by atoms with E-state index in [0.29, 0.717) is 12.5 Å². The molecule has 1 heterocycles. The van der Waals surface area contributed by atoms with E-state index in [4.69, 9.17) is 5.73 Å². The van der Waals surface area contributed by atoms with Crippen LogP contribution in [0, 0.1) is 12.8 Å². The van der Waals surface area contributed by atoms with Crippen LogP contribution in [0.25, 0.3) is 11.3 Å². The molecule has 1 fully saturated rings. The van der Waals surface area contributed by atoms with Crippen LogP contribution in [0.3, 0.4) is 0 Å². The van der Waals surface area contributed by atoms with Gasteiger partial charge in [0, 0.05) is 12.1 Å². The SMILES string of the molecule is Cc1ccccc1-c1cncn1C(C)(CN)C1CC1. The van der Waals surface area contributed by atoms with Gasteiger partial charge >= 0.3 is 0 Å². The number of hydrogen-bond acceptors (Lipinski definition) is 2. The number of nitrogens with zero attached hydrogens (tertiary/aromatic N) is 2. The van der Waals surface area contributed by atoms with E-state index >= 15 is 0 Å². The van der Waals surface area contributed by atoms with Crippen molar-refractivity contribution < 1.29 is 0 Å². The highest BCUT2D eigenvalue weighted by Gasteiger charge is 2.42. The number of nitrogens with two attached hydrogens (primary N) is 1. The van der Waals surface area contributed by atoms with Crippen molar-refractivity contribution in [2.24, 2.45) is 11.7 Å². The van der Waals surface area contributed by atoms with Gasteiger partial charge in [0.1, 0.15) is 0 Å². The van der Waals surface area contributed by atoms with Crippen molar-refractivity contribution >= 4 is 0 Å². The van der Waals surface area contributed by atoms with E-state index in [1.165, 1.54) is 29.7 Å². The molecule has 1 saturated carbocycles. The van der Waals surface area contributed by atoms with Crippen molar-refractivity contribution in [3.63, 3.8) is 0 Å². The third-order valence-corrected chi connectivity index (χ3v) is 4.48. The van der Waals surface area contributed by atoms with Crippen molar-refractivity contribution in [3.8, 4) is 11.3 Å². The first kappa shape index (κ1) is 12.4. The lowest BCUT2D eigenvalue weighted by atomic mass is 9.94. The molecule has 0 amide bonds. The largest absolute Gasteiger partial charge is 0.328 e. The Morgan fingerprint density at radius 3 is 2.74 bits per heavy atom. The summed E-state index contributed by atoms with van der Waals surface area (Å²) >= 11 is 0. The maximum absolute atomic E-state index is 6.08. The third kappa shape index (κ3) is 1.98. The van der Waals surface area contributed by atoms with Crippen molar-refractivity contribution in [2.75, 3.05) is 6.54 Å². The summed E-state index contributed by atoms with van der Waals surface area (Å²) in [4.78, 5) is 4.37. The molecule has 1 aliphatic rings. The Labute approximate surface area is 114 Å². The quantitative estimate of drug-likeness (QED) is 0.913. The zero-order chi connectivity index (χ0) is 13.5. The molecule has 0 bridgehead atoms. The minimum Gasteiger partial charge on any atom is -0.328 e. The Balaban J connectivity index is 2.10. The van der Waals surface area contributed by atoms with E-state index < -0.39 is 0 Å². The topological polar surface area (TPSA) is 43.8 Å². The summed E-state index contributed by atoms with van der Waals surface area (Å²) in [5.41, 5.74) is 9.78. The Morgan fingerprint density at radius 2 is 2.11 bits per heavy atom. The van der Waals surface area contributed by atoms with E-state index in [2.05, 4.69) is 47.7 Å². The Bertz CT molecular complexity index is 583. The van der Waals surface area contributed by atoms with Gasteiger partial charge in [0.05, 0.1) is 23.8 Å². The second-order valence-electron chi connectivity index (χ2n) is 5.80. The minimum atomic E-state index is -0.00584. The first-order valence-electron chi connectivity index (χ1n) is 6.95. The molecule has 3 heteroatoms. The highest BCUT2D eigenvalue weighted by atomic mass is 15.1. The molecule has 0 aliphatic heterocycles. The van der Waals surface area contributed by atoms with Crippen LogP contribution < -0.4 is 5.73 Å². The number of aromatic nitrogens is 2. The molecular formula is C16H21N3. The molecule has 2 aromatic rings. The molecule has 1 atom stereocenters. The fourth-order valence-electron chi connectivity index (χ4n) is 2.93. The highest BCUT2D eigenvalue weighted by Crippen LogP contribution is 2.45. The normalized spacial score (nSPS) is 18.3. The van der Waals surface area contributed by atoms with Crippen molar-refractivity contribution in [1.29, 1.82) is 0 Å². The van der Waals surface area contributed by atoms with Gasteiger partial charge in [-0.25, -0.2) is 4.98 Å². The second kappa shape index (κ2) is 4.49. The van der Waals surface area contributed by atoms with Crippen LogP contribution in [0.4, 0.5) is 0 Å². The van der Waals surface area contributed by atoms with E-state index in [0.717, 1.165) is 0 Å². The van der Waals surface area contributed by atoms with E-state index in [1.807, 2.05) is 12.5 Å². The van der Waals surface area contributed by atoms with Crippen molar-refractivity contribution in [3.05, 3.63) is 42.4 Å². The lowest BCUT2D eigenvalue weighted by Crippen LogP contribution is -2.40. The van der Waals surface area contributed by atoms with Gasteiger partial charge in [-0.3, -0.25) is 0 Å². The zero-order valence-corrected chi connectivity index (χ0v) is 11.6. The first-order valence-corrected chi connectivity index (χ1v) is 6.95. The van der Waals surface area contributed by atoms with E-state index in [1.54, 1.807) is 0 Å². The van der Waals surface area contributed by atoms with Gasteiger partial charge in [0.2, 0.25) is 0 Å². The predicted octanol–water partition coefficient (Wildman–Crippen LogP) is 2.94. The monoisotopic (exact) mass is 255 g/mol. The van der Waals surface area contributed by atoms with Gasteiger partial charge in [0.25, 0.3) is 0 Å². The molecule has 19 heavy (non-hydrogen) atoms. The van der Waals surface area contributed by atoms with E-state index in [9.17, 15) is 0 Å². The molecule has 0 radical (unpaired) electrons. The molecule has 1 aromatic heterocycles. The van der Waals surface area contributed by atoms with Crippen LogP contribution in [-0.4, -0.2) is 16.1 Å². The van der Waals surface area contributed by atoms with Gasteiger partial charge in [0.15, 0.2) is 0 Å². The summed E-state index contributed by atoms with van der Waals surface area (Å²) in [6, 6.07) is 8.45. The summed E-state index contributed by atoms with van der Waals surface area (Å²) in [5, 5.41) is 0. The molecule has 3 rings (SSSR count). The van der Waals surface area contributed by atoms with Crippen LogP contribution in [0.2, 0.25) is 0 Å². The molecule has 0 spiro atoms. The summed E-state index contributed by atoms with van der Waals surface area (Å²) in [6.07, 6.45) is 6.45. The predicted molar refractivity (Wildman–Crippen MR) is 77.8 cm³/mol. The van der Waals surface area contributed by atoms with Crippen LogP contribution in [0.1, 0.15) is 25.3 Å². The molecule has 3 nitrogen and oxygen atoms in total. The van der Waals surface area contributed by atoms with Crippen LogP contribution in [-0.2, 0) is 5.54 Å². The average Bonchev–Trinajstić information content (AvgIpc) is 3.17. The maximum atomic E-state index is 6.08. The fourth-order valence-corrected chi connectivity index (χ4v) is 2.93. The van der Waals surface area contributed by atoms with Gasteiger partial charge in [-0.2, -0.15) is 0 Å². The Morgan fingerprint density at radius 1 is 1.37 bits per heavy atom. The molecule has 100 valence electrons. The van der Waals surface area contributed by atoms with Crippen LogP contribution in [0.15, 0.2) is 36.8 Å². The van der Waals surface area contributed by atoms with E-state index in [-0.39, 0.29) is 5.54 Å². The fraction of sp³-hybridized carbons (Fsp3) is 0.438. The minimum absolute atomic E-state index is 0.00584. The standard InChI is InChI=1S/C16H21N3/c1-12-5-3-4-6-14(12)15-9-18-11-19(15)16(2,10-17)13-7-8-13/h3-6,9,11,13H,7-8,10,17H2,1-2H3. The lowest BCUT2D eigenvalue weighted by molar-refractivity contribution is 0.284. The highest BCUT2D eigenvalue weighted by molar-refractivity contribution is 5.63. The smallest absolute Gasteiger partial charge is 0.0956 e. The Kier molecular flexibility index (Phi) is 2.94. The van der Waals surface area contributed by atoms with Crippen LogP contribution >= 0.6 is 0 Å². The maximum Gasteiger partial charge on any atom is 0.0956 e. The van der Waals surface area contributed by atoms with Crippen LogP contribution in [0.5, 0.6) is 0 Å². The molecule has 1 unspecified atom stereocenters. The average molecular weight is 255 g/mol. The van der Waals surface area contributed by atoms with Gasteiger partial charge in [-0.05, 0) is 38.2 Å². The Hall–Kier alpha value is -1.61. The van der Waals surface area contributed by atoms with Crippen molar-refractivity contribution in [1.82, 2.24) is 9.55 Å². The van der Waals surface area contributed by atoms with Crippen molar-refractivity contribution in [2.45, 2.75) is 32.2 Å². The van der Waals surface area contributed by atoms with Gasteiger partial charge < -0.3 is 10.3 Å². The zero-order valence-electron chi connectivity index (χ0n) is 11.6. The van der Waals surface area contributed by atoms with Gasteiger partial charge in [-0.1, -0.05) is 24.3 Å². The second-order valence-corrected chi connectivity index (χ2v) is 5.80. The van der Waals surface area contributed by atoms with Gasteiger partial charge in [-0.15, -0.1) is 0 Å². The number of benzene rings is 1. The number of hydrogen-bond donors (Lipinski definition) is 1. The number of aryl methyl sites for hydroxylation is 1. The summed E-state index contributed by atoms with van der Waals surface area (Å²) in [7, 11) is 0. The number of imidazole rings is 1. The number of rotatable bonds is 4.